The van der Waals surface area contributed by atoms with Crippen LogP contribution in [0.1, 0.15) is 21.2 Å². The largest absolute Gasteiger partial charge is 0.322 e. The highest BCUT2D eigenvalue weighted by Gasteiger charge is 2.23. The second-order valence-electron chi connectivity index (χ2n) is 7.99. The number of thioether (sulfide) groups is 1. The Morgan fingerprint density at radius 1 is 0.838 bits per heavy atom. The van der Waals surface area contributed by atoms with Gasteiger partial charge in [-0.25, -0.2) is 4.98 Å². The summed E-state index contributed by atoms with van der Waals surface area (Å²) < 4.78 is 1.01. The fourth-order valence-corrected chi connectivity index (χ4v) is 6.10. The van der Waals surface area contributed by atoms with Gasteiger partial charge in [-0.15, -0.1) is 11.8 Å². The number of aromatic nitrogens is 1. The Kier molecular flexibility index (Phi) is 7.76. The highest BCUT2D eigenvalue weighted by Crippen LogP contribution is 2.38. The lowest BCUT2D eigenvalue weighted by Crippen LogP contribution is -2.19. The van der Waals surface area contributed by atoms with Crippen molar-refractivity contribution in [1.82, 2.24) is 4.98 Å². The van der Waals surface area contributed by atoms with E-state index in [4.69, 9.17) is 23.2 Å². The molecule has 0 aliphatic carbocycles. The number of anilines is 2. The summed E-state index contributed by atoms with van der Waals surface area (Å²) in [5, 5.41) is 6.59. The van der Waals surface area contributed by atoms with Gasteiger partial charge in [-0.3, -0.25) is 9.59 Å². The second-order valence-corrected chi connectivity index (χ2v) is 11.0. The molecule has 5 rings (SSSR count). The van der Waals surface area contributed by atoms with E-state index in [-0.39, 0.29) is 16.8 Å². The van der Waals surface area contributed by atoms with E-state index in [0.29, 0.717) is 21.4 Å². The zero-order valence-corrected chi connectivity index (χ0v) is 22.3. The minimum Gasteiger partial charge on any atom is -0.322 e. The summed E-state index contributed by atoms with van der Waals surface area (Å²) in [5.41, 5.74) is 2.60. The number of nitrogens with zero attached hydrogens (tertiary/aromatic N) is 1. The average molecular weight is 565 g/mol. The molecule has 5 nitrogen and oxygen atoms in total. The molecular formula is C28H19Cl2N3O2S2. The first-order chi connectivity index (χ1) is 18.0. The van der Waals surface area contributed by atoms with Crippen molar-refractivity contribution in [1.29, 1.82) is 0 Å². The maximum absolute atomic E-state index is 13.4. The predicted octanol–water partition coefficient (Wildman–Crippen LogP) is 8.33. The van der Waals surface area contributed by atoms with Crippen LogP contribution in [0.4, 0.5) is 10.8 Å². The monoisotopic (exact) mass is 563 g/mol. The summed E-state index contributed by atoms with van der Waals surface area (Å²) >= 11 is 15.0. The molecule has 5 aromatic rings. The number of rotatable bonds is 7. The van der Waals surface area contributed by atoms with Crippen LogP contribution >= 0.6 is 46.3 Å². The number of hydrogen-bond donors (Lipinski definition) is 2. The molecule has 0 fully saturated rings. The van der Waals surface area contributed by atoms with Gasteiger partial charge in [-0.1, -0.05) is 83.1 Å². The lowest BCUT2D eigenvalue weighted by Gasteiger charge is -2.17. The fourth-order valence-electron chi connectivity index (χ4n) is 3.65. The molecule has 0 aliphatic heterocycles. The van der Waals surface area contributed by atoms with Crippen LogP contribution in [-0.2, 0) is 4.79 Å². The first kappa shape index (κ1) is 25.3. The van der Waals surface area contributed by atoms with Crippen LogP contribution in [0.5, 0.6) is 0 Å². The zero-order chi connectivity index (χ0) is 25.8. The summed E-state index contributed by atoms with van der Waals surface area (Å²) in [4.78, 5) is 31.6. The summed E-state index contributed by atoms with van der Waals surface area (Å²) in [6.45, 7) is 0. The first-order valence-electron chi connectivity index (χ1n) is 11.2. The number of halogens is 2. The Bertz CT molecular complexity index is 1560. The maximum Gasteiger partial charge on any atom is 0.257 e. The van der Waals surface area contributed by atoms with Gasteiger partial charge in [0.1, 0.15) is 5.25 Å². The van der Waals surface area contributed by atoms with Gasteiger partial charge in [0.15, 0.2) is 5.13 Å². The summed E-state index contributed by atoms with van der Waals surface area (Å²) in [5.74, 6) is -0.533. The molecule has 2 N–H and O–H groups in total. The van der Waals surface area contributed by atoms with Gasteiger partial charge in [0.05, 0.1) is 20.8 Å². The molecule has 1 unspecified atom stereocenters. The number of hydrogen-bond acceptors (Lipinski definition) is 5. The molecule has 0 radical (unpaired) electrons. The molecule has 0 aliphatic rings. The van der Waals surface area contributed by atoms with Gasteiger partial charge in [-0.05, 0) is 54.1 Å². The minimum absolute atomic E-state index is 0.183. The summed E-state index contributed by atoms with van der Waals surface area (Å²) in [7, 11) is 0. The fraction of sp³-hybridized carbons (Fsp3) is 0.0357. The van der Waals surface area contributed by atoms with Crippen molar-refractivity contribution in [3.8, 4) is 0 Å². The van der Waals surface area contributed by atoms with E-state index in [2.05, 4.69) is 15.6 Å². The van der Waals surface area contributed by atoms with Gasteiger partial charge in [0.2, 0.25) is 5.91 Å². The molecule has 0 bridgehead atoms. The standard InChI is InChI=1S/C28H19Cl2N3O2S2/c29-18-13-14-21(22(30)15-18)26(34)31-19-9-6-10-20(16-19)36-25(17-7-2-1-3-8-17)27(35)33-28-32-23-11-4-5-12-24(23)37-28/h1-16,25H,(H,31,34)(H,32,33,35). The van der Waals surface area contributed by atoms with Gasteiger partial charge >= 0.3 is 0 Å². The molecule has 2 amide bonds. The Hall–Kier alpha value is -3.36. The van der Waals surface area contributed by atoms with Crippen LogP contribution in [0.2, 0.25) is 10.0 Å². The number of nitrogens with one attached hydrogen (secondary N) is 2. The molecule has 9 heteroatoms. The van der Waals surface area contributed by atoms with Crippen molar-refractivity contribution in [2.75, 3.05) is 10.6 Å². The van der Waals surface area contributed by atoms with Gasteiger partial charge in [0.25, 0.3) is 5.91 Å². The number of carbonyl (C=O) groups is 2. The van der Waals surface area contributed by atoms with Crippen LogP contribution in [0, 0.1) is 0 Å². The molecule has 1 atom stereocenters. The molecule has 184 valence electrons. The van der Waals surface area contributed by atoms with E-state index in [1.165, 1.54) is 29.2 Å². The topological polar surface area (TPSA) is 71.1 Å². The maximum atomic E-state index is 13.4. The van der Waals surface area contributed by atoms with Gasteiger partial charge in [-0.2, -0.15) is 0 Å². The van der Waals surface area contributed by atoms with E-state index in [1.807, 2.05) is 72.8 Å². The smallest absolute Gasteiger partial charge is 0.257 e. The van der Waals surface area contributed by atoms with Crippen molar-refractivity contribution in [2.24, 2.45) is 0 Å². The highest BCUT2D eigenvalue weighted by molar-refractivity contribution is 8.00. The van der Waals surface area contributed by atoms with E-state index in [1.54, 1.807) is 18.2 Å². The Balaban J connectivity index is 1.36. The predicted molar refractivity (Wildman–Crippen MR) is 154 cm³/mol. The Morgan fingerprint density at radius 3 is 2.41 bits per heavy atom. The van der Waals surface area contributed by atoms with Crippen molar-refractivity contribution in [3.63, 3.8) is 0 Å². The van der Waals surface area contributed by atoms with Crippen LogP contribution in [-0.4, -0.2) is 16.8 Å². The zero-order valence-electron chi connectivity index (χ0n) is 19.2. The van der Waals surface area contributed by atoms with Gasteiger partial charge < -0.3 is 10.6 Å². The quantitative estimate of drug-likeness (QED) is 0.195. The van der Waals surface area contributed by atoms with Crippen LogP contribution < -0.4 is 10.6 Å². The van der Waals surface area contributed by atoms with E-state index < -0.39 is 5.25 Å². The molecule has 0 saturated carbocycles. The van der Waals surface area contributed by atoms with E-state index in [9.17, 15) is 9.59 Å². The van der Waals surface area contributed by atoms with E-state index in [0.717, 1.165) is 20.7 Å². The second kappa shape index (κ2) is 11.4. The molecule has 37 heavy (non-hydrogen) atoms. The molecule has 1 aromatic heterocycles. The molecule has 1 heterocycles. The van der Waals surface area contributed by atoms with Crippen LogP contribution in [0.3, 0.4) is 0 Å². The number of para-hydroxylation sites is 1. The van der Waals surface area contributed by atoms with Crippen molar-refractivity contribution >= 4 is 79.2 Å². The normalized spacial score (nSPS) is 11.7. The van der Waals surface area contributed by atoms with Crippen LogP contribution in [0.25, 0.3) is 10.2 Å². The number of carbonyl (C=O) groups excluding carboxylic acids is 2. The van der Waals surface area contributed by atoms with Crippen LogP contribution in [0.15, 0.2) is 102 Å². The van der Waals surface area contributed by atoms with E-state index >= 15 is 0 Å². The average Bonchev–Trinajstić information content (AvgIpc) is 3.30. The number of amides is 2. The van der Waals surface area contributed by atoms with Crippen molar-refractivity contribution < 1.29 is 9.59 Å². The first-order valence-corrected chi connectivity index (χ1v) is 13.7. The summed E-state index contributed by atoms with van der Waals surface area (Å²) in [6, 6.07) is 29.4. The number of benzene rings is 4. The third kappa shape index (κ3) is 6.14. The lowest BCUT2D eigenvalue weighted by molar-refractivity contribution is -0.115. The number of fused-ring (bicyclic) bond motifs is 1. The molecule has 4 aromatic carbocycles. The Labute approximate surface area is 231 Å². The summed E-state index contributed by atoms with van der Waals surface area (Å²) in [6.07, 6.45) is 0. The third-order valence-corrected chi connectivity index (χ3v) is 8.13. The van der Waals surface area contributed by atoms with Crippen molar-refractivity contribution in [2.45, 2.75) is 10.1 Å². The molecule has 0 saturated heterocycles. The number of thiazole rings is 1. The van der Waals surface area contributed by atoms with Crippen molar-refractivity contribution in [3.05, 3.63) is 118 Å². The molecule has 0 spiro atoms. The molecular weight excluding hydrogens is 545 g/mol. The highest BCUT2D eigenvalue weighted by atomic mass is 35.5. The third-order valence-electron chi connectivity index (χ3n) is 5.39. The Morgan fingerprint density at radius 2 is 1.62 bits per heavy atom. The minimum atomic E-state index is -0.537. The SMILES string of the molecule is O=C(Nc1cccc(SC(C(=O)Nc2nc3ccccc3s2)c2ccccc2)c1)c1ccc(Cl)cc1Cl. The van der Waals surface area contributed by atoms with Gasteiger partial charge in [0, 0.05) is 15.6 Å². The lowest BCUT2D eigenvalue weighted by atomic mass is 10.1.